The first-order valence-electron chi connectivity index (χ1n) is 7.37. The maximum absolute atomic E-state index is 12.5. The predicted octanol–water partition coefficient (Wildman–Crippen LogP) is 0.256. The van der Waals surface area contributed by atoms with Crippen molar-refractivity contribution in [2.45, 2.75) is 19.4 Å². The molecule has 0 fully saturated rings. The number of anilines is 1. The monoisotopic (exact) mass is 338 g/mol. The van der Waals surface area contributed by atoms with Gasteiger partial charge in [0.2, 0.25) is 5.91 Å². The number of hydrogen-bond donors (Lipinski definition) is 1. The predicted molar refractivity (Wildman–Crippen MR) is 82.8 cm³/mol. The number of nitrogens with one attached hydrogen (secondary N) is 1. The Balaban J connectivity index is 2.27. The molecule has 130 valence electrons. The maximum Gasteiger partial charge on any atom is 0.366 e. The number of methoxy groups -OCH3 is 1. The van der Waals surface area contributed by atoms with Crippen molar-refractivity contribution in [2.24, 2.45) is 0 Å². The third-order valence-electron chi connectivity index (χ3n) is 3.38. The van der Waals surface area contributed by atoms with E-state index in [1.165, 1.54) is 19.2 Å². The Bertz CT molecular complexity index is 650. The molecule has 1 atom stereocenters. The van der Waals surface area contributed by atoms with Crippen LogP contribution in [-0.2, 0) is 14.3 Å². The van der Waals surface area contributed by atoms with Crippen LogP contribution in [0.3, 0.4) is 0 Å². The van der Waals surface area contributed by atoms with Gasteiger partial charge in [-0.3, -0.25) is 14.5 Å². The van der Waals surface area contributed by atoms with Crippen molar-refractivity contribution >= 4 is 23.5 Å². The van der Waals surface area contributed by atoms with Gasteiger partial charge in [0.15, 0.2) is 11.9 Å². The van der Waals surface area contributed by atoms with Gasteiger partial charge in [0.25, 0.3) is 11.7 Å². The normalized spacial score (nSPS) is 16.3. The number of nitro groups is 1. The molecule has 1 unspecified atom stereocenters. The first kappa shape index (κ1) is 17.6. The summed E-state index contributed by atoms with van der Waals surface area (Å²) in [6.45, 7) is 2.09. The van der Waals surface area contributed by atoms with Gasteiger partial charge in [-0.1, -0.05) is 6.92 Å². The molecule has 1 aliphatic heterocycles. The van der Waals surface area contributed by atoms with E-state index in [2.05, 4.69) is 10.3 Å². The molecule has 1 aliphatic rings. The molecule has 24 heavy (non-hydrogen) atoms. The van der Waals surface area contributed by atoms with E-state index in [-0.39, 0.29) is 18.1 Å². The van der Waals surface area contributed by atoms with Crippen molar-refractivity contribution in [1.82, 2.24) is 10.3 Å². The van der Waals surface area contributed by atoms with Gasteiger partial charge >= 0.3 is 5.82 Å². The number of amides is 2. The number of rotatable bonds is 7. The summed E-state index contributed by atoms with van der Waals surface area (Å²) in [4.78, 5) is 39.6. The number of hydrogen-bond acceptors (Lipinski definition) is 7. The topological polar surface area (TPSA) is 124 Å². The van der Waals surface area contributed by atoms with Crippen molar-refractivity contribution in [3.05, 3.63) is 22.2 Å². The molecule has 0 bridgehead atoms. The Morgan fingerprint density at radius 2 is 2.29 bits per heavy atom. The van der Waals surface area contributed by atoms with E-state index >= 15 is 0 Å². The van der Waals surface area contributed by atoms with Crippen LogP contribution in [0.2, 0.25) is 0 Å². The van der Waals surface area contributed by atoms with Crippen LogP contribution < -0.4 is 15.0 Å². The summed E-state index contributed by atoms with van der Waals surface area (Å²) < 4.78 is 10.3. The van der Waals surface area contributed by atoms with E-state index in [0.717, 1.165) is 4.90 Å². The largest absolute Gasteiger partial charge is 0.474 e. The minimum Gasteiger partial charge on any atom is -0.474 e. The van der Waals surface area contributed by atoms with E-state index in [1.54, 1.807) is 6.92 Å². The van der Waals surface area contributed by atoms with Crippen molar-refractivity contribution in [3.8, 4) is 5.75 Å². The lowest BCUT2D eigenvalue weighted by Crippen LogP contribution is -2.50. The van der Waals surface area contributed by atoms with E-state index in [4.69, 9.17) is 9.47 Å². The minimum absolute atomic E-state index is 0.0270. The molecule has 0 spiro atoms. The number of fused-ring (bicyclic) bond motifs is 1. The summed E-state index contributed by atoms with van der Waals surface area (Å²) in [5.74, 6) is -1.10. The fourth-order valence-corrected chi connectivity index (χ4v) is 2.20. The lowest BCUT2D eigenvalue weighted by molar-refractivity contribution is -0.389. The first-order chi connectivity index (χ1) is 11.5. The van der Waals surface area contributed by atoms with Gasteiger partial charge in [0, 0.05) is 19.7 Å². The Hall–Kier alpha value is -2.75. The van der Waals surface area contributed by atoms with E-state index in [1.807, 2.05) is 0 Å². The highest BCUT2D eigenvalue weighted by Crippen LogP contribution is 2.34. The molecule has 0 saturated carbocycles. The van der Waals surface area contributed by atoms with Crippen LogP contribution in [0.1, 0.15) is 13.3 Å². The summed E-state index contributed by atoms with van der Waals surface area (Å²) in [6.07, 6.45) is -0.357. The van der Waals surface area contributed by atoms with Crippen LogP contribution in [-0.4, -0.2) is 54.6 Å². The third kappa shape index (κ3) is 3.77. The second kappa shape index (κ2) is 7.68. The van der Waals surface area contributed by atoms with Crippen molar-refractivity contribution < 1.29 is 24.0 Å². The van der Waals surface area contributed by atoms with Crippen LogP contribution in [0.15, 0.2) is 12.1 Å². The highest BCUT2D eigenvalue weighted by atomic mass is 16.6. The molecule has 0 aliphatic carbocycles. The van der Waals surface area contributed by atoms with Gasteiger partial charge in [-0.15, -0.1) is 0 Å². The van der Waals surface area contributed by atoms with Crippen molar-refractivity contribution in [3.63, 3.8) is 0 Å². The number of carbonyl (C=O) groups excluding carboxylic acids is 2. The minimum atomic E-state index is -0.757. The van der Waals surface area contributed by atoms with Crippen LogP contribution in [0.25, 0.3) is 0 Å². The quantitative estimate of drug-likeness (QED) is 0.429. The lowest BCUT2D eigenvalue weighted by atomic mass is 10.2. The summed E-state index contributed by atoms with van der Waals surface area (Å²) in [5.41, 5.74) is 0. The summed E-state index contributed by atoms with van der Waals surface area (Å²) in [7, 11) is 1.50. The molecule has 0 radical (unpaired) electrons. The van der Waals surface area contributed by atoms with Gasteiger partial charge in [0.1, 0.15) is 6.54 Å². The van der Waals surface area contributed by atoms with Crippen LogP contribution in [0.4, 0.5) is 11.6 Å². The SMILES string of the molecule is CCC1Oc2ccc([N+](=O)[O-])nc2N(CC(=O)NCCOC)C1=O. The van der Waals surface area contributed by atoms with Crippen molar-refractivity contribution in [1.29, 1.82) is 0 Å². The summed E-state index contributed by atoms with van der Waals surface area (Å²) >= 11 is 0. The lowest BCUT2D eigenvalue weighted by Gasteiger charge is -2.30. The van der Waals surface area contributed by atoms with Crippen LogP contribution in [0.5, 0.6) is 5.75 Å². The highest BCUT2D eigenvalue weighted by molar-refractivity contribution is 6.03. The zero-order valence-corrected chi connectivity index (χ0v) is 13.4. The number of nitrogens with zero attached hydrogens (tertiary/aromatic N) is 3. The van der Waals surface area contributed by atoms with E-state index in [9.17, 15) is 19.7 Å². The number of carbonyl (C=O) groups is 2. The van der Waals surface area contributed by atoms with E-state index < -0.39 is 28.7 Å². The maximum atomic E-state index is 12.5. The van der Waals surface area contributed by atoms with Crippen LogP contribution >= 0.6 is 0 Å². The van der Waals surface area contributed by atoms with Gasteiger partial charge in [-0.2, -0.15) is 0 Å². The second-order valence-corrected chi connectivity index (χ2v) is 5.03. The fraction of sp³-hybridized carbons (Fsp3) is 0.500. The van der Waals surface area contributed by atoms with Gasteiger partial charge in [-0.05, 0) is 22.4 Å². The molecule has 10 heteroatoms. The smallest absolute Gasteiger partial charge is 0.366 e. The molecule has 2 amide bonds. The molecule has 2 heterocycles. The Labute approximate surface area is 137 Å². The zero-order valence-electron chi connectivity index (χ0n) is 13.4. The number of pyridine rings is 1. The molecule has 10 nitrogen and oxygen atoms in total. The Morgan fingerprint density at radius 1 is 1.54 bits per heavy atom. The Morgan fingerprint density at radius 3 is 2.92 bits per heavy atom. The summed E-state index contributed by atoms with van der Waals surface area (Å²) in [6, 6.07) is 2.57. The molecule has 0 aromatic carbocycles. The first-order valence-corrected chi connectivity index (χ1v) is 7.37. The molecule has 0 saturated heterocycles. The average molecular weight is 338 g/mol. The average Bonchev–Trinajstić information content (AvgIpc) is 2.56. The molecular formula is C14H18N4O6. The zero-order chi connectivity index (χ0) is 17.7. The molecule has 1 N–H and O–H groups in total. The van der Waals surface area contributed by atoms with E-state index in [0.29, 0.717) is 19.6 Å². The van der Waals surface area contributed by atoms with Gasteiger partial charge < -0.3 is 24.9 Å². The van der Waals surface area contributed by atoms with Crippen molar-refractivity contribution in [2.75, 3.05) is 31.7 Å². The van der Waals surface area contributed by atoms with Crippen LogP contribution in [0, 0.1) is 10.1 Å². The molecule has 1 aromatic heterocycles. The molecule has 2 rings (SSSR count). The number of ether oxygens (including phenoxy) is 2. The molecule has 1 aromatic rings. The van der Waals surface area contributed by atoms with Gasteiger partial charge in [0.05, 0.1) is 6.61 Å². The number of aromatic nitrogens is 1. The highest BCUT2D eigenvalue weighted by Gasteiger charge is 2.39. The standard InChI is InChI=1S/C14H18N4O6/c1-3-9-14(20)17(8-12(19)15-6-7-23-2)13-10(24-9)4-5-11(16-13)18(21)22/h4-5,9H,3,6-8H2,1-2H3,(H,15,19). The summed E-state index contributed by atoms with van der Waals surface area (Å²) in [5, 5.41) is 13.5. The van der Waals surface area contributed by atoms with Gasteiger partial charge in [-0.25, -0.2) is 0 Å². The second-order valence-electron chi connectivity index (χ2n) is 5.03. The molecular weight excluding hydrogens is 320 g/mol. The Kier molecular flexibility index (Phi) is 5.64. The fourth-order valence-electron chi connectivity index (χ4n) is 2.20. The third-order valence-corrected chi connectivity index (χ3v) is 3.38.